The van der Waals surface area contributed by atoms with Crippen molar-refractivity contribution >= 4 is 18.7 Å². The molecule has 0 saturated carbocycles. The Balaban J connectivity index is 2.13. The van der Waals surface area contributed by atoms with Crippen LogP contribution in [0.1, 0.15) is 74.0 Å². The topological polar surface area (TPSA) is 56.8 Å². The minimum Gasteiger partial charge on any atom is -0.441 e. The van der Waals surface area contributed by atoms with E-state index in [0.29, 0.717) is 0 Å². The standard InChI is InChI=1S/C21H34BNO4/c1-14(2)17(25-18(24)23-19(3,4)5)15-10-12-16(13-11-15)22-26-20(6,7)21(8,9)27-22/h10-14,17H,1-9H3,(H,23,24). The monoisotopic (exact) mass is 375 g/mol. The zero-order valence-electron chi connectivity index (χ0n) is 18.2. The van der Waals surface area contributed by atoms with Crippen LogP contribution < -0.4 is 10.8 Å². The third-order valence-electron chi connectivity index (χ3n) is 5.11. The van der Waals surface area contributed by atoms with Crippen LogP contribution in [-0.2, 0) is 14.0 Å². The van der Waals surface area contributed by atoms with Crippen LogP contribution in [0.3, 0.4) is 0 Å². The molecule has 6 heteroatoms. The fourth-order valence-corrected chi connectivity index (χ4v) is 2.86. The molecule has 1 fully saturated rings. The minimum absolute atomic E-state index is 0.151. The van der Waals surface area contributed by atoms with Crippen molar-refractivity contribution in [2.75, 3.05) is 0 Å². The summed E-state index contributed by atoms with van der Waals surface area (Å²) in [6.45, 7) is 18.0. The highest BCUT2D eigenvalue weighted by molar-refractivity contribution is 6.62. The lowest BCUT2D eigenvalue weighted by atomic mass is 9.78. The van der Waals surface area contributed by atoms with E-state index >= 15 is 0 Å². The van der Waals surface area contributed by atoms with Crippen LogP contribution in [-0.4, -0.2) is 30.0 Å². The van der Waals surface area contributed by atoms with Crippen LogP contribution in [0.25, 0.3) is 0 Å². The van der Waals surface area contributed by atoms with Crippen LogP contribution in [0.15, 0.2) is 24.3 Å². The molecule has 150 valence electrons. The molecule has 1 N–H and O–H groups in total. The van der Waals surface area contributed by atoms with E-state index in [1.54, 1.807) is 0 Å². The summed E-state index contributed by atoms with van der Waals surface area (Å²) in [6, 6.07) is 7.93. The first-order valence-electron chi connectivity index (χ1n) is 9.66. The van der Waals surface area contributed by atoms with Gasteiger partial charge in [0.25, 0.3) is 0 Å². The quantitative estimate of drug-likeness (QED) is 0.801. The Morgan fingerprint density at radius 1 is 1.04 bits per heavy atom. The molecule has 0 aliphatic carbocycles. The van der Waals surface area contributed by atoms with Gasteiger partial charge in [-0.25, -0.2) is 4.79 Å². The van der Waals surface area contributed by atoms with E-state index in [1.807, 2.05) is 86.6 Å². The van der Waals surface area contributed by atoms with Gasteiger partial charge >= 0.3 is 13.2 Å². The molecule has 5 nitrogen and oxygen atoms in total. The smallest absolute Gasteiger partial charge is 0.441 e. The first-order chi connectivity index (χ1) is 12.2. The highest BCUT2D eigenvalue weighted by atomic mass is 16.7. The summed E-state index contributed by atoms with van der Waals surface area (Å²) in [5, 5.41) is 2.85. The van der Waals surface area contributed by atoms with Gasteiger partial charge < -0.3 is 19.4 Å². The Morgan fingerprint density at radius 2 is 1.52 bits per heavy atom. The first-order valence-corrected chi connectivity index (χ1v) is 9.66. The summed E-state index contributed by atoms with van der Waals surface area (Å²) in [6.07, 6.45) is -0.726. The van der Waals surface area contributed by atoms with Crippen molar-refractivity contribution in [1.82, 2.24) is 5.32 Å². The molecule has 1 aromatic rings. The SMILES string of the molecule is CC(C)C(OC(=O)NC(C)(C)C)c1ccc(B2OC(C)(C)C(C)(C)O2)cc1. The maximum atomic E-state index is 12.2. The van der Waals surface area contributed by atoms with E-state index in [1.165, 1.54) is 0 Å². The molecule has 0 aromatic heterocycles. The lowest BCUT2D eigenvalue weighted by molar-refractivity contribution is 0.00578. The molecule has 1 aliphatic rings. The van der Waals surface area contributed by atoms with Crippen LogP contribution >= 0.6 is 0 Å². The second-order valence-corrected chi connectivity index (χ2v) is 9.70. The van der Waals surface area contributed by atoms with Crippen molar-refractivity contribution in [1.29, 1.82) is 0 Å². The predicted octanol–water partition coefficient (Wildman–Crippen LogP) is 4.21. The number of benzene rings is 1. The number of carbonyl (C=O) groups is 1. The maximum absolute atomic E-state index is 12.2. The fourth-order valence-electron chi connectivity index (χ4n) is 2.86. The van der Waals surface area contributed by atoms with Gasteiger partial charge in [-0.3, -0.25) is 0 Å². The summed E-state index contributed by atoms with van der Waals surface area (Å²) in [4.78, 5) is 12.2. The molecule has 0 spiro atoms. The van der Waals surface area contributed by atoms with Crippen molar-refractivity contribution < 1.29 is 18.8 Å². The van der Waals surface area contributed by atoms with Gasteiger partial charge in [-0.1, -0.05) is 38.1 Å². The molecule has 1 amide bonds. The normalized spacial score (nSPS) is 19.9. The highest BCUT2D eigenvalue weighted by Gasteiger charge is 2.51. The number of nitrogens with one attached hydrogen (secondary N) is 1. The second-order valence-electron chi connectivity index (χ2n) is 9.70. The highest BCUT2D eigenvalue weighted by Crippen LogP contribution is 2.36. The molecule has 1 unspecified atom stereocenters. The number of ether oxygens (including phenoxy) is 1. The van der Waals surface area contributed by atoms with Crippen molar-refractivity contribution in [3.63, 3.8) is 0 Å². The lowest BCUT2D eigenvalue weighted by Crippen LogP contribution is -2.41. The molecular weight excluding hydrogens is 341 g/mol. The van der Waals surface area contributed by atoms with Gasteiger partial charge in [-0.2, -0.15) is 0 Å². The third-order valence-corrected chi connectivity index (χ3v) is 5.11. The summed E-state index contributed by atoms with van der Waals surface area (Å²) < 4.78 is 17.9. The number of carbonyl (C=O) groups excluding carboxylic acids is 1. The number of hydrogen-bond donors (Lipinski definition) is 1. The Hall–Kier alpha value is -1.53. The van der Waals surface area contributed by atoms with Crippen LogP contribution in [0.4, 0.5) is 4.79 Å². The number of rotatable bonds is 4. The summed E-state index contributed by atoms with van der Waals surface area (Å²) in [5.41, 5.74) is 0.836. The maximum Gasteiger partial charge on any atom is 0.494 e. The fraction of sp³-hybridized carbons (Fsp3) is 0.667. The van der Waals surface area contributed by atoms with E-state index in [2.05, 4.69) is 5.32 Å². The summed E-state index contributed by atoms with van der Waals surface area (Å²) in [7, 11) is -0.397. The Bertz CT molecular complexity index is 646. The van der Waals surface area contributed by atoms with Gasteiger partial charge in [0.05, 0.1) is 11.2 Å². The Labute approximate surface area is 164 Å². The van der Waals surface area contributed by atoms with E-state index in [4.69, 9.17) is 14.0 Å². The first kappa shape index (κ1) is 21.8. The van der Waals surface area contributed by atoms with Crippen LogP contribution in [0.5, 0.6) is 0 Å². The van der Waals surface area contributed by atoms with Gasteiger partial charge in [0, 0.05) is 5.54 Å². The van der Waals surface area contributed by atoms with Gasteiger partial charge in [0.15, 0.2) is 0 Å². The Kier molecular flexibility index (Phi) is 6.03. The van der Waals surface area contributed by atoms with E-state index < -0.39 is 13.2 Å². The molecule has 0 radical (unpaired) electrons. The Morgan fingerprint density at radius 3 is 1.93 bits per heavy atom. The molecule has 1 heterocycles. The molecule has 27 heavy (non-hydrogen) atoms. The number of alkyl carbamates (subject to hydrolysis) is 1. The second kappa shape index (κ2) is 7.48. The largest absolute Gasteiger partial charge is 0.494 e. The predicted molar refractivity (Wildman–Crippen MR) is 109 cm³/mol. The molecule has 1 saturated heterocycles. The average Bonchev–Trinajstić information content (AvgIpc) is 2.71. The summed E-state index contributed by atoms with van der Waals surface area (Å²) >= 11 is 0. The molecule has 1 atom stereocenters. The van der Waals surface area contributed by atoms with Crippen LogP contribution in [0.2, 0.25) is 0 Å². The zero-order valence-corrected chi connectivity index (χ0v) is 18.2. The van der Waals surface area contributed by atoms with Crippen LogP contribution in [0, 0.1) is 5.92 Å². The van der Waals surface area contributed by atoms with Gasteiger partial charge in [-0.15, -0.1) is 0 Å². The molecule has 0 bridgehead atoms. The van der Waals surface area contributed by atoms with Crippen molar-refractivity contribution in [3.8, 4) is 0 Å². The van der Waals surface area contributed by atoms with E-state index in [9.17, 15) is 4.79 Å². The molecular formula is C21H34BNO4. The number of hydrogen-bond acceptors (Lipinski definition) is 4. The lowest BCUT2D eigenvalue weighted by Gasteiger charge is -2.32. The number of amides is 1. The third kappa shape index (κ3) is 5.26. The minimum atomic E-state index is -0.406. The van der Waals surface area contributed by atoms with Gasteiger partial charge in [0.1, 0.15) is 6.10 Å². The molecule has 1 aromatic carbocycles. The van der Waals surface area contributed by atoms with E-state index in [0.717, 1.165) is 11.0 Å². The van der Waals surface area contributed by atoms with E-state index in [-0.39, 0.29) is 28.8 Å². The average molecular weight is 375 g/mol. The van der Waals surface area contributed by atoms with Gasteiger partial charge in [0.2, 0.25) is 0 Å². The zero-order chi connectivity index (χ0) is 20.6. The van der Waals surface area contributed by atoms with Gasteiger partial charge in [-0.05, 0) is 65.4 Å². The molecule has 2 rings (SSSR count). The molecule has 1 aliphatic heterocycles. The van der Waals surface area contributed by atoms with Crippen molar-refractivity contribution in [2.24, 2.45) is 5.92 Å². The van der Waals surface area contributed by atoms with Crippen molar-refractivity contribution in [2.45, 2.75) is 85.2 Å². The summed E-state index contributed by atoms with van der Waals surface area (Å²) in [5.74, 6) is 0.151. The van der Waals surface area contributed by atoms with Crippen molar-refractivity contribution in [3.05, 3.63) is 29.8 Å².